The maximum atomic E-state index is 11.7. The van der Waals surface area contributed by atoms with E-state index < -0.39 is 0 Å². The molecule has 3 heteroatoms. The van der Waals surface area contributed by atoms with Crippen molar-refractivity contribution in [2.45, 2.75) is 25.7 Å². The van der Waals surface area contributed by atoms with Crippen LogP contribution in [-0.2, 0) is 0 Å². The molecule has 2 heterocycles. The monoisotopic (exact) mass is 223 g/mol. The van der Waals surface area contributed by atoms with Crippen LogP contribution in [0, 0.1) is 5.92 Å². The van der Waals surface area contributed by atoms with Gasteiger partial charge in [0.15, 0.2) is 5.78 Å². The van der Waals surface area contributed by atoms with E-state index in [-0.39, 0.29) is 0 Å². The molecule has 1 aliphatic rings. The Hall–Kier alpha value is -0.670. The molecule has 0 amide bonds. The largest absolute Gasteiger partial charge is 0.316 e. The van der Waals surface area contributed by atoms with Gasteiger partial charge in [-0.05, 0) is 49.7 Å². The summed E-state index contributed by atoms with van der Waals surface area (Å²) in [6.45, 7) is 2.24. The van der Waals surface area contributed by atoms with Gasteiger partial charge in [0, 0.05) is 17.4 Å². The minimum absolute atomic E-state index is 0.307. The first kappa shape index (κ1) is 10.8. The Labute approximate surface area is 94.7 Å². The molecule has 1 aromatic heterocycles. The number of carbonyl (C=O) groups excluding carboxylic acids is 1. The van der Waals surface area contributed by atoms with E-state index >= 15 is 0 Å². The molecule has 0 saturated carbocycles. The fourth-order valence-electron chi connectivity index (χ4n) is 2.07. The number of thiophene rings is 1. The van der Waals surface area contributed by atoms with Crippen LogP contribution in [0.1, 0.15) is 36.0 Å². The van der Waals surface area contributed by atoms with Gasteiger partial charge in [-0.1, -0.05) is 0 Å². The zero-order chi connectivity index (χ0) is 10.5. The molecule has 0 aliphatic carbocycles. The van der Waals surface area contributed by atoms with Crippen molar-refractivity contribution in [1.82, 2.24) is 5.32 Å². The summed E-state index contributed by atoms with van der Waals surface area (Å²) in [4.78, 5) is 11.7. The van der Waals surface area contributed by atoms with Crippen molar-refractivity contribution >= 4 is 17.1 Å². The van der Waals surface area contributed by atoms with E-state index in [1.165, 1.54) is 12.8 Å². The van der Waals surface area contributed by atoms with Crippen LogP contribution in [0.25, 0.3) is 0 Å². The number of hydrogen-bond acceptors (Lipinski definition) is 3. The fraction of sp³-hybridized carbons (Fsp3) is 0.583. The van der Waals surface area contributed by atoms with Gasteiger partial charge >= 0.3 is 0 Å². The Morgan fingerprint density at radius 2 is 2.53 bits per heavy atom. The van der Waals surface area contributed by atoms with Crippen molar-refractivity contribution in [3.63, 3.8) is 0 Å². The molecule has 1 N–H and O–H groups in total. The lowest BCUT2D eigenvalue weighted by Crippen LogP contribution is -2.29. The summed E-state index contributed by atoms with van der Waals surface area (Å²) in [5, 5.41) is 7.30. The van der Waals surface area contributed by atoms with Gasteiger partial charge in [-0.2, -0.15) is 11.3 Å². The molecule has 1 atom stereocenters. The van der Waals surface area contributed by atoms with Crippen LogP contribution in [0.4, 0.5) is 0 Å². The number of rotatable bonds is 4. The molecular formula is C12H17NOS. The summed E-state index contributed by atoms with van der Waals surface area (Å²) in [6.07, 6.45) is 4.30. The van der Waals surface area contributed by atoms with E-state index in [0.717, 1.165) is 25.1 Å². The van der Waals surface area contributed by atoms with Gasteiger partial charge < -0.3 is 5.32 Å². The summed E-state index contributed by atoms with van der Waals surface area (Å²) in [7, 11) is 0. The van der Waals surface area contributed by atoms with Gasteiger partial charge in [-0.25, -0.2) is 0 Å². The van der Waals surface area contributed by atoms with E-state index in [0.29, 0.717) is 18.1 Å². The highest BCUT2D eigenvalue weighted by Gasteiger charge is 2.15. The van der Waals surface area contributed by atoms with Crippen molar-refractivity contribution in [3.8, 4) is 0 Å². The van der Waals surface area contributed by atoms with E-state index in [1.807, 2.05) is 16.8 Å². The topological polar surface area (TPSA) is 29.1 Å². The maximum Gasteiger partial charge on any atom is 0.163 e. The summed E-state index contributed by atoms with van der Waals surface area (Å²) in [5.74, 6) is 1.02. The number of piperidine rings is 1. The van der Waals surface area contributed by atoms with Gasteiger partial charge in [0.05, 0.1) is 0 Å². The third-order valence-electron chi connectivity index (χ3n) is 3.02. The smallest absolute Gasteiger partial charge is 0.163 e. The highest BCUT2D eigenvalue weighted by Crippen LogP contribution is 2.18. The van der Waals surface area contributed by atoms with E-state index in [4.69, 9.17) is 0 Å². The minimum atomic E-state index is 0.307. The van der Waals surface area contributed by atoms with Gasteiger partial charge in [0.2, 0.25) is 0 Å². The molecule has 1 aromatic rings. The van der Waals surface area contributed by atoms with Crippen molar-refractivity contribution in [2.75, 3.05) is 13.1 Å². The van der Waals surface area contributed by atoms with Gasteiger partial charge in [-0.15, -0.1) is 0 Å². The molecule has 1 unspecified atom stereocenters. The SMILES string of the molecule is O=C(CCC1CCCNC1)c1ccsc1. The Kier molecular flexibility index (Phi) is 3.92. The van der Waals surface area contributed by atoms with Gasteiger partial charge in [0.1, 0.15) is 0 Å². The predicted octanol–water partition coefficient (Wildman–Crippen LogP) is 2.71. The maximum absolute atomic E-state index is 11.7. The molecule has 0 spiro atoms. The van der Waals surface area contributed by atoms with Crippen LogP contribution >= 0.6 is 11.3 Å². The molecule has 1 fully saturated rings. The third kappa shape index (κ3) is 3.14. The van der Waals surface area contributed by atoms with Crippen molar-refractivity contribution in [1.29, 1.82) is 0 Å². The second-order valence-electron chi connectivity index (χ2n) is 4.19. The lowest BCUT2D eigenvalue weighted by atomic mass is 9.93. The first-order valence-corrected chi connectivity index (χ1v) is 6.56. The molecule has 82 valence electrons. The minimum Gasteiger partial charge on any atom is -0.316 e. The number of hydrogen-bond donors (Lipinski definition) is 1. The van der Waals surface area contributed by atoms with Crippen LogP contribution in [0.5, 0.6) is 0 Å². The molecule has 2 rings (SSSR count). The van der Waals surface area contributed by atoms with Crippen LogP contribution in [-0.4, -0.2) is 18.9 Å². The van der Waals surface area contributed by atoms with E-state index in [9.17, 15) is 4.79 Å². The zero-order valence-electron chi connectivity index (χ0n) is 8.87. The molecule has 0 radical (unpaired) electrons. The van der Waals surface area contributed by atoms with Crippen molar-refractivity contribution in [2.24, 2.45) is 5.92 Å². The average Bonchev–Trinajstić information content (AvgIpc) is 2.81. The van der Waals surface area contributed by atoms with E-state index in [2.05, 4.69) is 5.32 Å². The Bertz CT molecular complexity index is 301. The lowest BCUT2D eigenvalue weighted by Gasteiger charge is -2.22. The van der Waals surface area contributed by atoms with Crippen LogP contribution in [0.15, 0.2) is 16.8 Å². The van der Waals surface area contributed by atoms with E-state index in [1.54, 1.807) is 11.3 Å². The molecule has 2 nitrogen and oxygen atoms in total. The highest BCUT2D eigenvalue weighted by molar-refractivity contribution is 7.08. The molecule has 1 aliphatic heterocycles. The number of Topliss-reactive ketones (excluding diaryl/α,β-unsaturated/α-hetero) is 1. The lowest BCUT2D eigenvalue weighted by molar-refractivity contribution is 0.0972. The van der Waals surface area contributed by atoms with Crippen molar-refractivity contribution in [3.05, 3.63) is 22.4 Å². The first-order valence-electron chi connectivity index (χ1n) is 5.62. The normalized spacial score (nSPS) is 21.5. The molecule has 15 heavy (non-hydrogen) atoms. The van der Waals surface area contributed by atoms with Crippen LogP contribution < -0.4 is 5.32 Å². The van der Waals surface area contributed by atoms with Crippen LogP contribution in [0.2, 0.25) is 0 Å². The molecule has 1 saturated heterocycles. The number of carbonyl (C=O) groups is 1. The Balaban J connectivity index is 1.75. The molecular weight excluding hydrogens is 206 g/mol. The fourth-order valence-corrected chi connectivity index (χ4v) is 2.73. The standard InChI is InChI=1S/C12H17NOS/c14-12(11-5-7-15-9-11)4-3-10-2-1-6-13-8-10/h5,7,9-10,13H,1-4,6,8H2. The average molecular weight is 223 g/mol. The second kappa shape index (κ2) is 5.42. The summed E-state index contributed by atoms with van der Waals surface area (Å²) in [6, 6.07) is 1.92. The summed E-state index contributed by atoms with van der Waals surface area (Å²) >= 11 is 1.60. The number of ketones is 1. The third-order valence-corrected chi connectivity index (χ3v) is 3.70. The number of nitrogens with one attached hydrogen (secondary N) is 1. The van der Waals surface area contributed by atoms with Gasteiger partial charge in [0.25, 0.3) is 0 Å². The summed E-state index contributed by atoms with van der Waals surface area (Å²) < 4.78 is 0. The highest BCUT2D eigenvalue weighted by atomic mass is 32.1. The van der Waals surface area contributed by atoms with Crippen LogP contribution in [0.3, 0.4) is 0 Å². The first-order chi connectivity index (χ1) is 7.36. The Morgan fingerprint density at radius 3 is 3.20 bits per heavy atom. The molecule has 0 bridgehead atoms. The molecule has 0 aromatic carbocycles. The zero-order valence-corrected chi connectivity index (χ0v) is 9.69. The Morgan fingerprint density at radius 1 is 1.60 bits per heavy atom. The van der Waals surface area contributed by atoms with Gasteiger partial charge in [-0.3, -0.25) is 4.79 Å². The second-order valence-corrected chi connectivity index (χ2v) is 4.97. The van der Waals surface area contributed by atoms with Crippen molar-refractivity contribution < 1.29 is 4.79 Å². The quantitative estimate of drug-likeness (QED) is 0.795. The summed E-state index contributed by atoms with van der Waals surface area (Å²) in [5.41, 5.74) is 0.892. The predicted molar refractivity (Wildman–Crippen MR) is 63.5 cm³/mol.